The number of aryl methyl sites for hydroxylation is 1. The smallest absolute Gasteiger partial charge is 0.290 e. The Labute approximate surface area is 236 Å². The Kier molecular flexibility index (Phi) is 8.04. The molecular weight excluding hydrogens is 526 g/mol. The van der Waals surface area contributed by atoms with Crippen molar-refractivity contribution in [3.05, 3.63) is 41.7 Å². The molecule has 0 spiro atoms. The standard InChI is InChI=1S/C29H39N5O5Si/c1-19-8-10-22(40(4,5)6)17-23(19)39-25-11-9-21(38-25)16-24(35)30-26-27(36-2)31-29(32-28(26)37-3)34-15-12-20(18-34)33-13-7-14-33/h8-11,17,20H,7,12-16,18H2,1-6H3,(H,30,35). The second kappa shape index (κ2) is 11.5. The number of hydrogen-bond acceptors (Lipinski definition) is 9. The van der Waals surface area contributed by atoms with Crippen LogP contribution in [-0.2, 0) is 11.2 Å². The van der Waals surface area contributed by atoms with Gasteiger partial charge in [-0.05, 0) is 50.6 Å². The zero-order valence-electron chi connectivity index (χ0n) is 24.2. The van der Waals surface area contributed by atoms with Gasteiger partial charge in [-0.3, -0.25) is 9.69 Å². The molecule has 1 N–H and O–H groups in total. The van der Waals surface area contributed by atoms with Gasteiger partial charge in [-0.25, -0.2) is 0 Å². The van der Waals surface area contributed by atoms with Crippen molar-refractivity contribution in [1.29, 1.82) is 0 Å². The van der Waals surface area contributed by atoms with E-state index in [1.807, 2.05) is 6.92 Å². The Morgan fingerprint density at radius 1 is 1.07 bits per heavy atom. The van der Waals surface area contributed by atoms with Crippen LogP contribution in [0.1, 0.15) is 24.2 Å². The fraction of sp³-hybridized carbons (Fsp3) is 0.483. The van der Waals surface area contributed by atoms with Crippen molar-refractivity contribution in [1.82, 2.24) is 14.9 Å². The number of carbonyl (C=O) groups is 1. The van der Waals surface area contributed by atoms with Crippen LogP contribution in [0.25, 0.3) is 0 Å². The van der Waals surface area contributed by atoms with Crippen LogP contribution in [0.2, 0.25) is 19.6 Å². The Balaban J connectivity index is 1.25. The zero-order valence-corrected chi connectivity index (χ0v) is 25.2. The van der Waals surface area contributed by atoms with Crippen molar-refractivity contribution < 1.29 is 23.4 Å². The molecule has 2 aromatic heterocycles. The molecule has 4 heterocycles. The molecule has 3 aromatic rings. The molecule has 0 radical (unpaired) electrons. The number of rotatable bonds is 10. The summed E-state index contributed by atoms with van der Waals surface area (Å²) < 4.78 is 23.0. The summed E-state index contributed by atoms with van der Waals surface area (Å²) in [6.45, 7) is 12.9. The maximum Gasteiger partial charge on any atom is 0.290 e. The van der Waals surface area contributed by atoms with Crippen molar-refractivity contribution in [3.63, 3.8) is 0 Å². The van der Waals surface area contributed by atoms with Crippen LogP contribution in [-0.4, -0.2) is 75.3 Å². The van der Waals surface area contributed by atoms with E-state index in [1.54, 1.807) is 12.1 Å². The van der Waals surface area contributed by atoms with Gasteiger partial charge in [0.05, 0.1) is 28.7 Å². The van der Waals surface area contributed by atoms with E-state index in [9.17, 15) is 4.79 Å². The molecule has 5 rings (SSSR count). The van der Waals surface area contributed by atoms with Crippen LogP contribution in [0.3, 0.4) is 0 Å². The summed E-state index contributed by atoms with van der Waals surface area (Å²) in [6.07, 6.45) is 2.33. The number of likely N-dealkylation sites (tertiary alicyclic amines) is 1. The quantitative estimate of drug-likeness (QED) is 0.362. The molecule has 1 atom stereocenters. The monoisotopic (exact) mass is 565 g/mol. The highest BCUT2D eigenvalue weighted by molar-refractivity contribution is 6.88. The highest BCUT2D eigenvalue weighted by Gasteiger charge is 2.33. The molecule has 40 heavy (non-hydrogen) atoms. The second-order valence-corrected chi connectivity index (χ2v) is 16.6. The number of nitrogens with one attached hydrogen (secondary N) is 1. The second-order valence-electron chi connectivity index (χ2n) is 11.5. The lowest BCUT2D eigenvalue weighted by Gasteiger charge is -2.36. The lowest BCUT2D eigenvalue weighted by Crippen LogP contribution is -2.46. The Hall–Kier alpha value is -3.57. The normalized spacial score (nSPS) is 17.4. The first-order valence-corrected chi connectivity index (χ1v) is 17.3. The summed E-state index contributed by atoms with van der Waals surface area (Å²) in [5, 5.41) is 4.15. The van der Waals surface area contributed by atoms with Crippen LogP contribution in [0.15, 0.2) is 34.7 Å². The van der Waals surface area contributed by atoms with Gasteiger partial charge in [-0.2, -0.15) is 9.97 Å². The first-order valence-electron chi connectivity index (χ1n) is 13.8. The van der Waals surface area contributed by atoms with Gasteiger partial charge in [-0.1, -0.05) is 37.0 Å². The molecule has 2 aliphatic rings. The SMILES string of the molecule is COc1nc(N2CCC(N3CCC3)C2)nc(OC)c1NC(=O)Cc1ccc(Oc2cc([Si](C)(C)C)ccc2C)o1. The fourth-order valence-electron chi connectivity index (χ4n) is 5.02. The highest BCUT2D eigenvalue weighted by atomic mass is 28.3. The summed E-state index contributed by atoms with van der Waals surface area (Å²) in [5.74, 6) is 2.29. The minimum Gasteiger partial charge on any atom is -0.479 e. The molecule has 2 aliphatic heterocycles. The Morgan fingerprint density at radius 3 is 2.42 bits per heavy atom. The number of ether oxygens (including phenoxy) is 3. The van der Waals surface area contributed by atoms with Gasteiger partial charge in [0, 0.05) is 25.2 Å². The van der Waals surface area contributed by atoms with E-state index in [-0.39, 0.29) is 24.1 Å². The summed E-state index contributed by atoms with van der Waals surface area (Å²) >= 11 is 0. The molecule has 11 heteroatoms. The lowest BCUT2D eigenvalue weighted by molar-refractivity contribution is -0.115. The van der Waals surface area contributed by atoms with Gasteiger partial charge in [0.15, 0.2) is 5.69 Å². The maximum atomic E-state index is 13.0. The first-order chi connectivity index (χ1) is 19.1. The molecule has 1 unspecified atom stereocenters. The van der Waals surface area contributed by atoms with Crippen molar-refractivity contribution in [2.45, 2.75) is 51.9 Å². The van der Waals surface area contributed by atoms with Crippen LogP contribution in [0, 0.1) is 6.92 Å². The zero-order chi connectivity index (χ0) is 28.4. The number of benzene rings is 1. The molecule has 10 nitrogen and oxygen atoms in total. The predicted octanol–water partition coefficient (Wildman–Crippen LogP) is 4.20. The van der Waals surface area contributed by atoms with E-state index in [2.05, 4.69) is 62.9 Å². The van der Waals surface area contributed by atoms with E-state index in [1.165, 1.54) is 25.8 Å². The molecular formula is C29H39N5O5Si. The molecule has 1 amide bonds. The third-order valence-electron chi connectivity index (χ3n) is 7.57. The van der Waals surface area contributed by atoms with Crippen molar-refractivity contribution >= 4 is 30.8 Å². The maximum absolute atomic E-state index is 13.0. The number of carbonyl (C=O) groups excluding carboxylic acids is 1. The predicted molar refractivity (Wildman–Crippen MR) is 157 cm³/mol. The number of hydrogen-bond donors (Lipinski definition) is 1. The van der Waals surface area contributed by atoms with Crippen molar-refractivity contribution in [3.8, 4) is 23.5 Å². The average molecular weight is 566 g/mol. The number of furan rings is 1. The Morgan fingerprint density at radius 2 is 1.80 bits per heavy atom. The number of nitrogens with zero attached hydrogens (tertiary/aromatic N) is 4. The summed E-state index contributed by atoms with van der Waals surface area (Å²) in [7, 11) is 1.54. The molecule has 0 saturated carbocycles. The van der Waals surface area contributed by atoms with Gasteiger partial charge >= 0.3 is 0 Å². The fourth-order valence-corrected chi connectivity index (χ4v) is 6.16. The number of methoxy groups -OCH3 is 2. The van der Waals surface area contributed by atoms with E-state index >= 15 is 0 Å². The van der Waals surface area contributed by atoms with E-state index in [4.69, 9.17) is 18.6 Å². The number of anilines is 2. The minimum atomic E-state index is -1.49. The van der Waals surface area contributed by atoms with E-state index < -0.39 is 8.07 Å². The molecule has 2 fully saturated rings. The molecule has 214 valence electrons. The third-order valence-corrected chi connectivity index (χ3v) is 9.61. The van der Waals surface area contributed by atoms with Crippen LogP contribution >= 0.6 is 0 Å². The van der Waals surface area contributed by atoms with E-state index in [0.29, 0.717) is 29.4 Å². The molecule has 2 saturated heterocycles. The molecule has 1 aromatic carbocycles. The topological polar surface area (TPSA) is 102 Å². The summed E-state index contributed by atoms with van der Waals surface area (Å²) in [4.78, 5) is 26.9. The molecule has 0 bridgehead atoms. The highest BCUT2D eigenvalue weighted by Crippen LogP contribution is 2.35. The third kappa shape index (κ3) is 6.10. The van der Waals surface area contributed by atoms with Gasteiger partial charge in [0.1, 0.15) is 11.5 Å². The number of aromatic nitrogens is 2. The van der Waals surface area contributed by atoms with Gasteiger partial charge < -0.3 is 28.8 Å². The van der Waals surface area contributed by atoms with Crippen LogP contribution in [0.5, 0.6) is 23.5 Å². The number of amides is 1. The average Bonchev–Trinajstić information content (AvgIpc) is 3.53. The van der Waals surface area contributed by atoms with E-state index in [0.717, 1.165) is 43.9 Å². The van der Waals surface area contributed by atoms with Crippen molar-refractivity contribution in [2.24, 2.45) is 0 Å². The van der Waals surface area contributed by atoms with Crippen LogP contribution < -0.4 is 29.6 Å². The van der Waals surface area contributed by atoms with Gasteiger partial charge in [0.25, 0.3) is 5.95 Å². The lowest BCUT2D eigenvalue weighted by atomic mass is 10.1. The Bertz CT molecular complexity index is 1340. The van der Waals surface area contributed by atoms with Gasteiger partial charge in [0.2, 0.25) is 23.6 Å². The van der Waals surface area contributed by atoms with Crippen LogP contribution in [0.4, 0.5) is 11.6 Å². The van der Waals surface area contributed by atoms with Crippen molar-refractivity contribution in [2.75, 3.05) is 50.6 Å². The first kappa shape index (κ1) is 28.0. The van der Waals surface area contributed by atoms with Gasteiger partial charge in [-0.15, -0.1) is 0 Å². The largest absolute Gasteiger partial charge is 0.479 e. The summed E-state index contributed by atoms with van der Waals surface area (Å²) in [6, 6.07) is 10.3. The molecule has 0 aliphatic carbocycles. The minimum absolute atomic E-state index is 0.00497. The summed E-state index contributed by atoms with van der Waals surface area (Å²) in [5.41, 5.74) is 1.31.